The van der Waals surface area contributed by atoms with E-state index >= 15 is 0 Å². The van der Waals surface area contributed by atoms with Crippen LogP contribution in [0.1, 0.15) is 18.1 Å². The number of thiazole rings is 1. The molecule has 1 amide bonds. The van der Waals surface area contributed by atoms with Crippen LogP contribution >= 0.6 is 11.3 Å². The molecule has 0 unspecified atom stereocenters. The second-order valence-corrected chi connectivity index (χ2v) is 6.25. The van der Waals surface area contributed by atoms with Gasteiger partial charge in [-0.25, -0.2) is 4.98 Å². The van der Waals surface area contributed by atoms with Crippen molar-refractivity contribution < 1.29 is 9.53 Å². The molecular weight excluding hydrogens is 308 g/mol. The lowest BCUT2D eigenvalue weighted by Gasteiger charge is -2.03. The first-order valence-corrected chi connectivity index (χ1v) is 8.32. The van der Waals surface area contributed by atoms with Gasteiger partial charge in [-0.1, -0.05) is 48.6 Å². The molecule has 0 aliphatic heterocycles. The highest BCUT2D eigenvalue weighted by atomic mass is 32.1. The average Bonchev–Trinajstić information content (AvgIpc) is 2.97. The van der Waals surface area contributed by atoms with E-state index in [4.69, 9.17) is 4.74 Å². The number of hydrogen-bond acceptors (Lipinski definition) is 4. The molecule has 1 N–H and O–H groups in total. The van der Waals surface area contributed by atoms with Crippen LogP contribution in [-0.2, 0) is 17.6 Å². The minimum Gasteiger partial charge on any atom is -0.494 e. The van der Waals surface area contributed by atoms with Gasteiger partial charge in [0.1, 0.15) is 11.3 Å². The molecule has 23 heavy (non-hydrogen) atoms. The van der Waals surface area contributed by atoms with Gasteiger partial charge in [0, 0.05) is 0 Å². The molecule has 3 aromatic rings. The summed E-state index contributed by atoms with van der Waals surface area (Å²) in [5.41, 5.74) is 3.05. The number of nitrogens with zero attached hydrogens (tertiary/aromatic N) is 1. The van der Waals surface area contributed by atoms with E-state index in [-0.39, 0.29) is 5.91 Å². The fourth-order valence-corrected chi connectivity index (χ4v) is 3.28. The summed E-state index contributed by atoms with van der Waals surface area (Å²) in [6.45, 7) is 2.11. The van der Waals surface area contributed by atoms with Gasteiger partial charge in [0.15, 0.2) is 5.13 Å². The van der Waals surface area contributed by atoms with E-state index in [9.17, 15) is 4.79 Å². The fraction of sp³-hybridized carbons (Fsp3) is 0.222. The quantitative estimate of drug-likeness (QED) is 0.769. The molecule has 3 rings (SSSR count). The first-order valence-electron chi connectivity index (χ1n) is 7.51. The van der Waals surface area contributed by atoms with Gasteiger partial charge >= 0.3 is 0 Å². The van der Waals surface area contributed by atoms with E-state index in [0.717, 1.165) is 28.0 Å². The Labute approximate surface area is 139 Å². The molecule has 0 atom stereocenters. The second kappa shape index (κ2) is 6.79. The van der Waals surface area contributed by atoms with Crippen LogP contribution in [0.4, 0.5) is 5.13 Å². The molecular formula is C18H18N2O2S. The van der Waals surface area contributed by atoms with E-state index in [2.05, 4.69) is 29.4 Å². The van der Waals surface area contributed by atoms with Crippen molar-refractivity contribution in [3.05, 3.63) is 53.6 Å². The third-order valence-electron chi connectivity index (χ3n) is 3.64. The number of para-hydroxylation sites is 1. The molecule has 5 heteroatoms. The lowest BCUT2D eigenvalue weighted by molar-refractivity contribution is -0.115. The number of carbonyl (C=O) groups is 1. The smallest absolute Gasteiger partial charge is 0.230 e. The third-order valence-corrected chi connectivity index (χ3v) is 4.58. The maximum absolute atomic E-state index is 12.2. The van der Waals surface area contributed by atoms with Crippen LogP contribution in [0.2, 0.25) is 0 Å². The number of aryl methyl sites for hydroxylation is 1. The van der Waals surface area contributed by atoms with E-state index in [1.807, 2.05) is 30.3 Å². The van der Waals surface area contributed by atoms with Crippen molar-refractivity contribution in [2.45, 2.75) is 19.8 Å². The summed E-state index contributed by atoms with van der Waals surface area (Å²) in [6.07, 6.45) is 1.34. The van der Waals surface area contributed by atoms with Crippen LogP contribution in [0.5, 0.6) is 5.75 Å². The molecule has 0 saturated heterocycles. The zero-order chi connectivity index (χ0) is 16.2. The molecule has 4 nitrogen and oxygen atoms in total. The van der Waals surface area contributed by atoms with Crippen molar-refractivity contribution >= 4 is 32.6 Å². The number of anilines is 1. The van der Waals surface area contributed by atoms with Crippen LogP contribution < -0.4 is 10.1 Å². The van der Waals surface area contributed by atoms with Crippen molar-refractivity contribution in [3.63, 3.8) is 0 Å². The third kappa shape index (κ3) is 3.51. The number of amides is 1. The van der Waals surface area contributed by atoms with Crippen molar-refractivity contribution in [1.82, 2.24) is 4.98 Å². The number of carbonyl (C=O) groups excluding carboxylic acids is 1. The van der Waals surface area contributed by atoms with Crippen LogP contribution in [0, 0.1) is 0 Å². The van der Waals surface area contributed by atoms with E-state index in [1.54, 1.807) is 7.11 Å². The summed E-state index contributed by atoms with van der Waals surface area (Å²) in [5, 5.41) is 3.47. The zero-order valence-electron chi connectivity index (χ0n) is 13.1. The highest BCUT2D eigenvalue weighted by Crippen LogP contribution is 2.32. The van der Waals surface area contributed by atoms with E-state index in [0.29, 0.717) is 11.6 Å². The van der Waals surface area contributed by atoms with Crippen molar-refractivity contribution in [1.29, 1.82) is 0 Å². The van der Waals surface area contributed by atoms with Crippen molar-refractivity contribution in [2.75, 3.05) is 12.4 Å². The Kier molecular flexibility index (Phi) is 4.57. The number of ether oxygens (including phenoxy) is 1. The Bertz CT molecular complexity index is 825. The Morgan fingerprint density at radius 1 is 1.17 bits per heavy atom. The molecule has 0 bridgehead atoms. The lowest BCUT2D eigenvalue weighted by atomic mass is 10.1. The number of methoxy groups -OCH3 is 1. The zero-order valence-corrected chi connectivity index (χ0v) is 13.9. The number of fused-ring (bicyclic) bond motifs is 1. The monoisotopic (exact) mass is 326 g/mol. The Balaban J connectivity index is 1.72. The molecule has 0 saturated carbocycles. The second-order valence-electron chi connectivity index (χ2n) is 5.22. The molecule has 118 valence electrons. The van der Waals surface area contributed by atoms with Gasteiger partial charge in [-0.15, -0.1) is 0 Å². The first-order chi connectivity index (χ1) is 11.2. The van der Waals surface area contributed by atoms with Gasteiger partial charge in [-0.2, -0.15) is 0 Å². The number of nitrogens with one attached hydrogen (secondary N) is 1. The average molecular weight is 326 g/mol. The maximum Gasteiger partial charge on any atom is 0.230 e. The fourth-order valence-electron chi connectivity index (χ4n) is 2.38. The molecule has 0 aliphatic rings. The molecule has 1 heterocycles. The van der Waals surface area contributed by atoms with Crippen LogP contribution in [0.3, 0.4) is 0 Å². The van der Waals surface area contributed by atoms with Crippen molar-refractivity contribution in [3.8, 4) is 5.75 Å². The summed E-state index contributed by atoms with van der Waals surface area (Å²) < 4.78 is 6.29. The van der Waals surface area contributed by atoms with Crippen LogP contribution in [0.15, 0.2) is 42.5 Å². The standard InChI is InChI=1S/C18H18N2O2S/c1-3-12-7-9-13(10-8-12)11-16(21)19-18-20-17-14(22-2)5-4-6-15(17)23-18/h4-10H,3,11H2,1-2H3,(H,19,20,21). The summed E-state index contributed by atoms with van der Waals surface area (Å²) >= 11 is 1.45. The lowest BCUT2D eigenvalue weighted by Crippen LogP contribution is -2.14. The first kappa shape index (κ1) is 15.5. The van der Waals surface area contributed by atoms with Crippen molar-refractivity contribution in [2.24, 2.45) is 0 Å². The topological polar surface area (TPSA) is 51.2 Å². The van der Waals surface area contributed by atoms with E-state index in [1.165, 1.54) is 16.9 Å². The number of benzene rings is 2. The number of rotatable bonds is 5. The highest BCUT2D eigenvalue weighted by molar-refractivity contribution is 7.22. The predicted molar refractivity (Wildman–Crippen MR) is 94.3 cm³/mol. The maximum atomic E-state index is 12.2. The van der Waals surface area contributed by atoms with Gasteiger partial charge in [0.05, 0.1) is 18.2 Å². The Morgan fingerprint density at radius 2 is 1.91 bits per heavy atom. The van der Waals surface area contributed by atoms with Gasteiger partial charge in [-0.3, -0.25) is 4.79 Å². The van der Waals surface area contributed by atoms with Gasteiger partial charge in [-0.05, 0) is 29.7 Å². The minimum absolute atomic E-state index is 0.0627. The highest BCUT2D eigenvalue weighted by Gasteiger charge is 2.11. The van der Waals surface area contributed by atoms with Crippen LogP contribution in [-0.4, -0.2) is 18.0 Å². The summed E-state index contributed by atoms with van der Waals surface area (Å²) in [4.78, 5) is 16.6. The van der Waals surface area contributed by atoms with Gasteiger partial charge < -0.3 is 10.1 Å². The normalized spacial score (nSPS) is 10.7. The van der Waals surface area contributed by atoms with Gasteiger partial charge in [0.25, 0.3) is 0 Å². The minimum atomic E-state index is -0.0627. The SMILES string of the molecule is CCc1ccc(CC(=O)Nc2nc3c(OC)cccc3s2)cc1. The number of aromatic nitrogens is 1. The molecule has 0 spiro atoms. The predicted octanol–water partition coefficient (Wildman–Crippen LogP) is 4.05. The molecule has 0 fully saturated rings. The summed E-state index contributed by atoms with van der Waals surface area (Å²) in [6, 6.07) is 13.9. The molecule has 1 aromatic heterocycles. The molecule has 0 radical (unpaired) electrons. The molecule has 0 aliphatic carbocycles. The largest absolute Gasteiger partial charge is 0.494 e. The number of hydrogen-bond donors (Lipinski definition) is 1. The summed E-state index contributed by atoms with van der Waals surface area (Å²) in [7, 11) is 1.62. The molecule has 2 aromatic carbocycles. The Morgan fingerprint density at radius 3 is 2.61 bits per heavy atom. The van der Waals surface area contributed by atoms with Crippen LogP contribution in [0.25, 0.3) is 10.2 Å². The summed E-state index contributed by atoms with van der Waals surface area (Å²) in [5.74, 6) is 0.654. The Hall–Kier alpha value is -2.40. The van der Waals surface area contributed by atoms with Gasteiger partial charge in [0.2, 0.25) is 5.91 Å². The van der Waals surface area contributed by atoms with E-state index < -0.39 is 0 Å².